The highest BCUT2D eigenvalue weighted by Gasteiger charge is 2.24. The van der Waals surface area contributed by atoms with Crippen molar-refractivity contribution in [3.63, 3.8) is 0 Å². The Bertz CT molecular complexity index is 636. The Morgan fingerprint density at radius 3 is 2.42 bits per heavy atom. The zero-order valence-electron chi connectivity index (χ0n) is 14.1. The lowest BCUT2D eigenvalue weighted by Gasteiger charge is -2.26. The molecular weight excluding hydrogens is 326 g/mol. The smallest absolute Gasteiger partial charge is 0.236 e. The zero-order chi connectivity index (χ0) is 17.6. The Balaban J connectivity index is 1.71. The number of benzene rings is 1. The summed E-state index contributed by atoms with van der Waals surface area (Å²) in [4.78, 5) is 11.8. The maximum atomic E-state index is 12.1. The number of anilines is 1. The van der Waals surface area contributed by atoms with E-state index in [0.29, 0.717) is 24.6 Å². The van der Waals surface area contributed by atoms with Crippen LogP contribution in [0, 0.1) is 5.92 Å². The summed E-state index contributed by atoms with van der Waals surface area (Å²) in [6.07, 6.45) is 4.39. The van der Waals surface area contributed by atoms with E-state index in [1.54, 1.807) is 12.1 Å². The first-order chi connectivity index (χ1) is 11.3. The summed E-state index contributed by atoms with van der Waals surface area (Å²) < 4.78 is 26.8. The van der Waals surface area contributed by atoms with Gasteiger partial charge in [0.25, 0.3) is 0 Å². The van der Waals surface area contributed by atoms with Gasteiger partial charge in [-0.1, -0.05) is 19.1 Å². The van der Waals surface area contributed by atoms with E-state index in [2.05, 4.69) is 17.0 Å². The second-order valence-corrected chi connectivity index (χ2v) is 8.43. The minimum atomic E-state index is -3.58. The highest BCUT2D eigenvalue weighted by atomic mass is 32.2. The molecule has 0 radical (unpaired) electrons. The van der Waals surface area contributed by atoms with Gasteiger partial charge in [-0.2, -0.15) is 0 Å². The van der Waals surface area contributed by atoms with Gasteiger partial charge in [-0.05, 0) is 55.7 Å². The number of carbonyl (C=O) groups excluding carboxylic acids is 1. The molecule has 1 amide bonds. The van der Waals surface area contributed by atoms with Crippen LogP contribution < -0.4 is 15.8 Å². The Morgan fingerprint density at radius 2 is 1.79 bits per heavy atom. The van der Waals surface area contributed by atoms with Gasteiger partial charge in [0.1, 0.15) is 5.75 Å². The topological polar surface area (TPSA) is 101 Å². The summed E-state index contributed by atoms with van der Waals surface area (Å²) in [5.41, 5.74) is 7.35. The van der Waals surface area contributed by atoms with E-state index in [9.17, 15) is 13.2 Å². The molecule has 134 valence electrons. The molecule has 0 aromatic heterocycles. The molecule has 0 bridgehead atoms. The molecule has 0 heterocycles. The minimum Gasteiger partial charge on any atom is -0.399 e. The lowest BCUT2D eigenvalue weighted by molar-refractivity contribution is -0.118. The average Bonchev–Trinajstić information content (AvgIpc) is 2.51. The van der Waals surface area contributed by atoms with Crippen molar-refractivity contribution in [3.8, 4) is 0 Å². The first-order valence-electron chi connectivity index (χ1n) is 8.45. The van der Waals surface area contributed by atoms with Crippen molar-refractivity contribution >= 4 is 21.6 Å². The molecule has 0 unspecified atom stereocenters. The Hall–Kier alpha value is -1.60. The molecule has 4 N–H and O–H groups in total. The molecule has 24 heavy (non-hydrogen) atoms. The molecule has 1 fully saturated rings. The highest BCUT2D eigenvalue weighted by Crippen LogP contribution is 2.23. The number of nitrogens with two attached hydrogens (primary N) is 1. The van der Waals surface area contributed by atoms with E-state index in [4.69, 9.17) is 5.73 Å². The van der Waals surface area contributed by atoms with Crippen molar-refractivity contribution < 1.29 is 13.2 Å². The van der Waals surface area contributed by atoms with E-state index in [1.165, 1.54) is 0 Å². The first-order valence-corrected chi connectivity index (χ1v) is 10.1. The van der Waals surface area contributed by atoms with Gasteiger partial charge in [-0.3, -0.25) is 4.79 Å². The van der Waals surface area contributed by atoms with Gasteiger partial charge in [-0.15, -0.1) is 0 Å². The number of hydrogen-bond acceptors (Lipinski definition) is 4. The fourth-order valence-corrected chi connectivity index (χ4v) is 4.20. The Labute approximate surface area is 144 Å². The lowest BCUT2D eigenvalue weighted by Crippen LogP contribution is -2.42. The summed E-state index contributed by atoms with van der Waals surface area (Å²) >= 11 is 0. The van der Waals surface area contributed by atoms with E-state index >= 15 is 0 Å². The molecule has 6 nitrogen and oxygen atoms in total. The van der Waals surface area contributed by atoms with Crippen molar-refractivity contribution in [1.29, 1.82) is 0 Å². The molecule has 1 saturated carbocycles. The van der Waals surface area contributed by atoms with Crippen LogP contribution >= 0.6 is 0 Å². The van der Waals surface area contributed by atoms with Gasteiger partial charge in [0.05, 0.1) is 0 Å². The van der Waals surface area contributed by atoms with Crippen LogP contribution in [0.3, 0.4) is 0 Å². The monoisotopic (exact) mass is 353 g/mol. The van der Waals surface area contributed by atoms with E-state index in [0.717, 1.165) is 31.2 Å². The average molecular weight is 353 g/mol. The molecule has 1 aliphatic carbocycles. The number of nitrogens with one attached hydrogen (secondary N) is 2. The van der Waals surface area contributed by atoms with Crippen LogP contribution in [0.5, 0.6) is 0 Å². The molecule has 1 aromatic rings. The quantitative estimate of drug-likeness (QED) is 0.645. The van der Waals surface area contributed by atoms with E-state index in [1.807, 2.05) is 12.1 Å². The van der Waals surface area contributed by atoms with E-state index < -0.39 is 21.7 Å². The van der Waals surface area contributed by atoms with Crippen molar-refractivity contribution in [2.75, 3.05) is 18.0 Å². The number of nitrogen functional groups attached to an aromatic ring is 1. The number of carbonyl (C=O) groups is 1. The van der Waals surface area contributed by atoms with Crippen LogP contribution in [-0.4, -0.2) is 32.7 Å². The summed E-state index contributed by atoms with van der Waals surface area (Å²) in [6.45, 7) is 2.58. The second kappa shape index (κ2) is 8.48. The maximum Gasteiger partial charge on any atom is 0.236 e. The summed E-state index contributed by atoms with van der Waals surface area (Å²) in [7, 11) is -3.58. The van der Waals surface area contributed by atoms with Crippen LogP contribution in [0.1, 0.15) is 38.2 Å². The van der Waals surface area contributed by atoms with Crippen LogP contribution in [0.4, 0.5) is 5.69 Å². The highest BCUT2D eigenvalue weighted by molar-refractivity contribution is 7.90. The van der Waals surface area contributed by atoms with Crippen molar-refractivity contribution in [2.45, 2.75) is 45.1 Å². The largest absolute Gasteiger partial charge is 0.399 e. The molecule has 0 saturated heterocycles. The first kappa shape index (κ1) is 18.7. The minimum absolute atomic E-state index is 0.0335. The number of sulfonamides is 1. The summed E-state index contributed by atoms with van der Waals surface area (Å²) in [6, 6.07) is 7.36. The fraction of sp³-hybridized carbons (Fsp3) is 0.588. The van der Waals surface area contributed by atoms with Crippen LogP contribution in [-0.2, 0) is 21.2 Å². The maximum absolute atomic E-state index is 12.1. The fourth-order valence-electron chi connectivity index (χ4n) is 2.93. The molecule has 0 spiro atoms. The summed E-state index contributed by atoms with van der Waals surface area (Å²) in [5.74, 6) is -0.328. The third kappa shape index (κ3) is 6.49. The third-order valence-corrected chi connectivity index (χ3v) is 5.73. The van der Waals surface area contributed by atoms with Crippen molar-refractivity contribution in [2.24, 2.45) is 5.92 Å². The predicted octanol–water partition coefficient (Wildman–Crippen LogP) is 1.43. The molecular formula is C17H27N3O3S. The van der Waals surface area contributed by atoms with Gasteiger partial charge in [0.2, 0.25) is 15.9 Å². The standard InChI is InChI=1S/C17H27N3O3S/c1-13-2-8-16(9-3-13)20-24(22,23)12-17(21)19-11-10-14-4-6-15(18)7-5-14/h4-7,13,16,20H,2-3,8-12,18H2,1H3,(H,19,21). The van der Waals surface area contributed by atoms with Crippen LogP contribution in [0.15, 0.2) is 24.3 Å². The van der Waals surface area contributed by atoms with Gasteiger partial charge >= 0.3 is 0 Å². The van der Waals surface area contributed by atoms with Gasteiger partial charge < -0.3 is 11.1 Å². The van der Waals surface area contributed by atoms with Crippen molar-refractivity contribution in [1.82, 2.24) is 10.0 Å². The zero-order valence-corrected chi connectivity index (χ0v) is 14.9. The number of amides is 1. The summed E-state index contributed by atoms with van der Waals surface area (Å²) in [5, 5.41) is 2.66. The number of hydrogen-bond donors (Lipinski definition) is 3. The van der Waals surface area contributed by atoms with Gasteiger partial charge in [0, 0.05) is 18.3 Å². The van der Waals surface area contributed by atoms with Crippen LogP contribution in [0.2, 0.25) is 0 Å². The molecule has 1 aromatic carbocycles. The predicted molar refractivity (Wildman–Crippen MR) is 95.9 cm³/mol. The SMILES string of the molecule is CC1CCC(NS(=O)(=O)CC(=O)NCCc2ccc(N)cc2)CC1. The number of rotatable bonds is 7. The molecule has 0 atom stereocenters. The normalized spacial score (nSPS) is 21.4. The Kier molecular flexibility index (Phi) is 6.62. The third-order valence-electron chi connectivity index (χ3n) is 4.40. The van der Waals surface area contributed by atoms with Gasteiger partial charge in [0.15, 0.2) is 0 Å². The Morgan fingerprint density at radius 1 is 1.17 bits per heavy atom. The molecule has 1 aliphatic rings. The van der Waals surface area contributed by atoms with Crippen molar-refractivity contribution in [3.05, 3.63) is 29.8 Å². The van der Waals surface area contributed by atoms with Gasteiger partial charge in [-0.25, -0.2) is 13.1 Å². The molecule has 2 rings (SSSR count). The second-order valence-electron chi connectivity index (χ2n) is 6.68. The van der Waals surface area contributed by atoms with E-state index in [-0.39, 0.29) is 6.04 Å². The van der Waals surface area contributed by atoms with Crippen LogP contribution in [0.25, 0.3) is 0 Å². The molecule has 7 heteroatoms. The molecule has 0 aliphatic heterocycles. The lowest BCUT2D eigenvalue weighted by atomic mass is 9.88.